The molecule has 0 bridgehead atoms. The number of carbonyl (C=O) groups is 2. The highest BCUT2D eigenvalue weighted by Gasteiger charge is 2.32. The Morgan fingerprint density at radius 2 is 1.26 bits per heavy atom. The Balaban J connectivity index is 4.01. The van der Waals surface area contributed by atoms with E-state index in [1.54, 1.807) is 0 Å². The second-order valence-electron chi connectivity index (χ2n) is 6.37. The minimum atomic E-state index is -0.965. The summed E-state index contributed by atoms with van der Waals surface area (Å²) in [4.78, 5) is 22.7. The number of carboxylic acid groups (broad SMARTS) is 2. The van der Waals surface area contributed by atoms with Gasteiger partial charge in [0.2, 0.25) is 0 Å². The average molecular weight is 326 g/mol. The first-order valence-electron chi connectivity index (χ1n) is 9.11. The molecule has 4 heteroatoms. The smallest absolute Gasteiger partial charge is 0.307 e. The molecule has 0 heterocycles. The van der Waals surface area contributed by atoms with Crippen LogP contribution in [0.1, 0.15) is 84.0 Å². The highest BCUT2D eigenvalue weighted by Crippen LogP contribution is 2.25. The molecule has 0 spiro atoms. The summed E-state index contributed by atoms with van der Waals surface area (Å²) in [5, 5.41) is 18.6. The molecule has 2 unspecified atom stereocenters. The minimum Gasteiger partial charge on any atom is -0.481 e. The SMILES string of the molecule is C=CCCCCCCCCCC(C(=O)O)C(CCCC)C(=O)O. The lowest BCUT2D eigenvalue weighted by atomic mass is 9.84. The van der Waals surface area contributed by atoms with E-state index in [0.717, 1.165) is 38.5 Å². The van der Waals surface area contributed by atoms with Gasteiger partial charge in [-0.25, -0.2) is 0 Å². The predicted octanol–water partition coefficient (Wildman–Crippen LogP) is 5.28. The largest absolute Gasteiger partial charge is 0.481 e. The number of hydrogen-bond acceptors (Lipinski definition) is 2. The fourth-order valence-corrected chi connectivity index (χ4v) is 2.95. The van der Waals surface area contributed by atoms with Crippen molar-refractivity contribution in [3.63, 3.8) is 0 Å². The van der Waals surface area contributed by atoms with E-state index in [1.165, 1.54) is 25.7 Å². The Morgan fingerprint density at radius 1 is 0.826 bits per heavy atom. The topological polar surface area (TPSA) is 74.6 Å². The van der Waals surface area contributed by atoms with Crippen molar-refractivity contribution in [2.75, 3.05) is 0 Å². The Labute approximate surface area is 141 Å². The van der Waals surface area contributed by atoms with Crippen LogP contribution in [0.2, 0.25) is 0 Å². The lowest BCUT2D eigenvalue weighted by molar-refractivity contribution is -0.154. The lowest BCUT2D eigenvalue weighted by Gasteiger charge is -2.20. The van der Waals surface area contributed by atoms with Crippen LogP contribution in [0.15, 0.2) is 12.7 Å². The number of hydrogen-bond donors (Lipinski definition) is 2. The van der Waals surface area contributed by atoms with Crippen LogP contribution in [-0.2, 0) is 9.59 Å². The third-order valence-corrected chi connectivity index (χ3v) is 4.41. The lowest BCUT2D eigenvalue weighted by Crippen LogP contribution is -2.30. The van der Waals surface area contributed by atoms with E-state index in [2.05, 4.69) is 6.58 Å². The molecule has 134 valence electrons. The van der Waals surface area contributed by atoms with Crippen molar-refractivity contribution in [2.24, 2.45) is 11.8 Å². The van der Waals surface area contributed by atoms with Gasteiger partial charge in [0.15, 0.2) is 0 Å². The summed E-state index contributed by atoms with van der Waals surface area (Å²) in [6, 6.07) is 0. The summed E-state index contributed by atoms with van der Waals surface area (Å²) in [6.45, 7) is 5.69. The first-order chi connectivity index (χ1) is 11.0. The molecule has 0 saturated heterocycles. The second-order valence-corrected chi connectivity index (χ2v) is 6.37. The molecule has 0 saturated carbocycles. The normalized spacial score (nSPS) is 13.4. The van der Waals surface area contributed by atoms with Gasteiger partial charge in [-0.05, 0) is 25.7 Å². The van der Waals surface area contributed by atoms with Gasteiger partial charge in [-0.2, -0.15) is 0 Å². The standard InChI is InChI=1S/C19H34O4/c1-3-5-7-8-9-10-11-12-13-15-17(19(22)23)16(18(20)21)14-6-4-2/h3,16-17H,1,4-15H2,2H3,(H,20,21)(H,22,23). The van der Waals surface area contributed by atoms with Crippen LogP contribution in [0, 0.1) is 11.8 Å². The average Bonchev–Trinajstić information content (AvgIpc) is 2.50. The maximum absolute atomic E-state index is 11.4. The first-order valence-corrected chi connectivity index (χ1v) is 9.11. The van der Waals surface area contributed by atoms with Gasteiger partial charge in [0, 0.05) is 0 Å². The summed E-state index contributed by atoms with van der Waals surface area (Å²) >= 11 is 0. The van der Waals surface area contributed by atoms with Gasteiger partial charge in [0.1, 0.15) is 0 Å². The predicted molar refractivity (Wildman–Crippen MR) is 93.5 cm³/mol. The molecule has 0 fully saturated rings. The van der Waals surface area contributed by atoms with Crippen LogP contribution in [-0.4, -0.2) is 22.2 Å². The molecule has 4 nitrogen and oxygen atoms in total. The molecular formula is C19H34O4. The number of unbranched alkanes of at least 4 members (excludes halogenated alkanes) is 8. The zero-order chi connectivity index (χ0) is 17.5. The third-order valence-electron chi connectivity index (χ3n) is 4.41. The number of allylic oxidation sites excluding steroid dienone is 1. The van der Waals surface area contributed by atoms with Gasteiger partial charge in [-0.3, -0.25) is 9.59 Å². The van der Waals surface area contributed by atoms with Gasteiger partial charge in [0.25, 0.3) is 0 Å². The van der Waals surface area contributed by atoms with Crippen LogP contribution < -0.4 is 0 Å². The Bertz CT molecular complexity index is 338. The number of rotatable bonds is 16. The van der Waals surface area contributed by atoms with E-state index < -0.39 is 23.8 Å². The number of aliphatic carboxylic acids is 2. The maximum atomic E-state index is 11.4. The van der Waals surface area contributed by atoms with Crippen LogP contribution in [0.5, 0.6) is 0 Å². The molecule has 0 aromatic heterocycles. The van der Waals surface area contributed by atoms with E-state index in [0.29, 0.717) is 12.8 Å². The molecule has 2 atom stereocenters. The second kappa shape index (κ2) is 14.3. The van der Waals surface area contributed by atoms with Crippen molar-refractivity contribution in [2.45, 2.75) is 84.0 Å². The van der Waals surface area contributed by atoms with Crippen LogP contribution in [0.4, 0.5) is 0 Å². The summed E-state index contributed by atoms with van der Waals surface area (Å²) in [5.41, 5.74) is 0. The monoisotopic (exact) mass is 326 g/mol. The fourth-order valence-electron chi connectivity index (χ4n) is 2.95. The first kappa shape index (κ1) is 21.7. The zero-order valence-electron chi connectivity index (χ0n) is 14.6. The van der Waals surface area contributed by atoms with Gasteiger partial charge >= 0.3 is 11.9 Å². The van der Waals surface area contributed by atoms with Crippen molar-refractivity contribution >= 4 is 11.9 Å². The molecule has 0 aromatic rings. The molecule has 0 aliphatic heterocycles. The van der Waals surface area contributed by atoms with Crippen molar-refractivity contribution in [1.29, 1.82) is 0 Å². The molecule has 0 radical (unpaired) electrons. The van der Waals surface area contributed by atoms with Crippen LogP contribution >= 0.6 is 0 Å². The van der Waals surface area contributed by atoms with E-state index in [4.69, 9.17) is 0 Å². The zero-order valence-corrected chi connectivity index (χ0v) is 14.6. The molecule has 23 heavy (non-hydrogen) atoms. The highest BCUT2D eigenvalue weighted by molar-refractivity contribution is 5.79. The molecule has 0 aromatic carbocycles. The molecule has 0 rings (SSSR count). The van der Waals surface area contributed by atoms with Crippen molar-refractivity contribution in [3.05, 3.63) is 12.7 Å². The van der Waals surface area contributed by atoms with Gasteiger partial charge in [-0.15, -0.1) is 6.58 Å². The molecule has 0 aliphatic carbocycles. The van der Waals surface area contributed by atoms with E-state index in [-0.39, 0.29) is 0 Å². The summed E-state index contributed by atoms with van der Waals surface area (Å²) in [5.74, 6) is -3.41. The van der Waals surface area contributed by atoms with Crippen LogP contribution in [0.3, 0.4) is 0 Å². The quantitative estimate of drug-likeness (QED) is 0.299. The molecule has 0 amide bonds. The van der Waals surface area contributed by atoms with Gasteiger partial charge in [0.05, 0.1) is 11.8 Å². The molecule has 2 N–H and O–H groups in total. The molecule has 0 aliphatic rings. The highest BCUT2D eigenvalue weighted by atomic mass is 16.4. The number of carboxylic acids is 2. The van der Waals surface area contributed by atoms with Crippen molar-refractivity contribution < 1.29 is 19.8 Å². The van der Waals surface area contributed by atoms with E-state index in [1.807, 2.05) is 13.0 Å². The van der Waals surface area contributed by atoms with E-state index in [9.17, 15) is 19.8 Å². The Hall–Kier alpha value is -1.32. The fraction of sp³-hybridized carbons (Fsp3) is 0.789. The van der Waals surface area contributed by atoms with Crippen LogP contribution in [0.25, 0.3) is 0 Å². The van der Waals surface area contributed by atoms with Gasteiger partial charge in [-0.1, -0.05) is 64.4 Å². The summed E-state index contributed by atoms with van der Waals surface area (Å²) < 4.78 is 0. The Morgan fingerprint density at radius 3 is 1.70 bits per heavy atom. The van der Waals surface area contributed by atoms with Crippen molar-refractivity contribution in [1.82, 2.24) is 0 Å². The van der Waals surface area contributed by atoms with Crippen molar-refractivity contribution in [3.8, 4) is 0 Å². The molecular weight excluding hydrogens is 292 g/mol. The summed E-state index contributed by atoms with van der Waals surface area (Å²) in [7, 11) is 0. The summed E-state index contributed by atoms with van der Waals surface area (Å²) in [6.07, 6.45) is 13.3. The van der Waals surface area contributed by atoms with Gasteiger partial charge < -0.3 is 10.2 Å². The Kier molecular flexibility index (Phi) is 13.5. The van der Waals surface area contributed by atoms with E-state index >= 15 is 0 Å². The minimum absolute atomic E-state index is 0.464. The maximum Gasteiger partial charge on any atom is 0.307 e. The third kappa shape index (κ3) is 10.9.